The molecule has 1 saturated heterocycles. The maximum absolute atomic E-state index is 6.25. The van der Waals surface area contributed by atoms with Crippen LogP contribution in [0.5, 0.6) is 0 Å². The second kappa shape index (κ2) is 7.67. The molecule has 140 valence electrons. The van der Waals surface area contributed by atoms with Crippen molar-refractivity contribution in [1.82, 2.24) is 4.98 Å². The van der Waals surface area contributed by atoms with Crippen LogP contribution in [0.4, 0.5) is 0 Å². The highest BCUT2D eigenvalue weighted by Crippen LogP contribution is 2.36. The summed E-state index contributed by atoms with van der Waals surface area (Å²) in [6, 6.07) is 10.5. The van der Waals surface area contributed by atoms with Gasteiger partial charge in [-0.15, -0.1) is 0 Å². The Bertz CT molecular complexity index is 744. The lowest BCUT2D eigenvalue weighted by Crippen LogP contribution is -2.41. The van der Waals surface area contributed by atoms with Crippen molar-refractivity contribution in [1.29, 1.82) is 0 Å². The van der Waals surface area contributed by atoms with E-state index >= 15 is 0 Å². The molecule has 1 aliphatic heterocycles. The maximum atomic E-state index is 6.25. The Morgan fingerprint density at radius 2 is 1.69 bits per heavy atom. The van der Waals surface area contributed by atoms with Crippen molar-refractivity contribution in [3.05, 3.63) is 36.0 Å². The van der Waals surface area contributed by atoms with Gasteiger partial charge in [-0.3, -0.25) is 4.98 Å². The third kappa shape index (κ3) is 3.95. The molecule has 1 aromatic carbocycles. The number of nitrogens with zero attached hydrogens (tertiary/aromatic N) is 1. The summed E-state index contributed by atoms with van der Waals surface area (Å²) in [6.45, 7) is 9.15. The molecule has 1 fully saturated rings. The second-order valence-electron chi connectivity index (χ2n) is 8.11. The third-order valence-electron chi connectivity index (χ3n) is 5.60. The maximum Gasteiger partial charge on any atom is 0.497 e. The molecule has 0 spiro atoms. The van der Waals surface area contributed by atoms with Gasteiger partial charge in [0.15, 0.2) is 0 Å². The number of rotatable bonds is 7. The van der Waals surface area contributed by atoms with Crippen LogP contribution in [0, 0.1) is 0 Å². The zero-order chi connectivity index (χ0) is 18.8. The molecule has 0 amide bonds. The van der Waals surface area contributed by atoms with E-state index in [4.69, 9.17) is 19.0 Å². The quantitative estimate of drug-likeness (QED) is 0.558. The molecule has 5 heteroatoms. The van der Waals surface area contributed by atoms with Crippen LogP contribution in [0.2, 0.25) is 0 Å². The summed E-state index contributed by atoms with van der Waals surface area (Å²) in [4.78, 5) is 4.94. The van der Waals surface area contributed by atoms with E-state index < -0.39 is 0 Å². The minimum absolute atomic E-state index is 0.348. The Hall–Kier alpha value is -1.43. The number of methoxy groups -OCH3 is 1. The van der Waals surface area contributed by atoms with Crippen LogP contribution >= 0.6 is 0 Å². The van der Waals surface area contributed by atoms with Gasteiger partial charge in [0, 0.05) is 24.9 Å². The Balaban J connectivity index is 1.82. The van der Waals surface area contributed by atoms with Crippen LogP contribution in [0.25, 0.3) is 10.9 Å². The topological polar surface area (TPSA) is 40.6 Å². The van der Waals surface area contributed by atoms with E-state index in [1.54, 1.807) is 7.11 Å². The van der Waals surface area contributed by atoms with Crippen molar-refractivity contribution >= 4 is 23.5 Å². The predicted octanol–water partition coefficient (Wildman–Crippen LogP) is 3.89. The highest BCUT2D eigenvalue weighted by molar-refractivity contribution is 6.64. The van der Waals surface area contributed by atoms with E-state index in [-0.39, 0.29) is 18.3 Å². The smallest absolute Gasteiger partial charge is 0.399 e. The molecule has 0 N–H and O–H groups in total. The molecule has 0 aliphatic carbocycles. The number of aryl methyl sites for hydroxylation is 1. The first-order valence-electron chi connectivity index (χ1n) is 9.57. The first-order chi connectivity index (χ1) is 12.3. The van der Waals surface area contributed by atoms with Gasteiger partial charge in [-0.2, -0.15) is 0 Å². The number of unbranched alkanes of at least 4 members (excludes halogenated alkanes) is 2. The molecule has 0 unspecified atom stereocenters. The van der Waals surface area contributed by atoms with Gasteiger partial charge in [-0.05, 0) is 58.4 Å². The Morgan fingerprint density at radius 1 is 0.962 bits per heavy atom. The Morgan fingerprint density at radius 3 is 2.38 bits per heavy atom. The summed E-state index contributed by atoms with van der Waals surface area (Å²) in [5, 5.41) is 1.13. The minimum Gasteiger partial charge on any atom is -0.399 e. The van der Waals surface area contributed by atoms with Crippen LogP contribution in [-0.4, -0.2) is 37.0 Å². The molecule has 3 rings (SSSR count). The van der Waals surface area contributed by atoms with Gasteiger partial charge in [0.2, 0.25) is 0 Å². The van der Waals surface area contributed by atoms with E-state index in [9.17, 15) is 0 Å². The number of aromatic nitrogens is 1. The molecule has 0 saturated carbocycles. The largest absolute Gasteiger partial charge is 0.497 e. The van der Waals surface area contributed by atoms with Gasteiger partial charge in [0.05, 0.1) is 16.7 Å². The first-order valence-corrected chi connectivity index (χ1v) is 9.57. The lowest BCUT2D eigenvalue weighted by atomic mass is 9.77. The average Bonchev–Trinajstić information content (AvgIpc) is 2.81. The number of para-hydroxylation sites is 1. The second-order valence-corrected chi connectivity index (χ2v) is 8.11. The fourth-order valence-corrected chi connectivity index (χ4v) is 3.24. The Labute approximate surface area is 157 Å². The zero-order valence-corrected chi connectivity index (χ0v) is 16.7. The van der Waals surface area contributed by atoms with Gasteiger partial charge >= 0.3 is 7.12 Å². The molecule has 0 bridgehead atoms. The van der Waals surface area contributed by atoms with E-state index in [2.05, 4.69) is 58.0 Å². The highest BCUT2D eigenvalue weighted by atomic mass is 16.7. The van der Waals surface area contributed by atoms with Gasteiger partial charge in [-0.1, -0.05) is 30.7 Å². The van der Waals surface area contributed by atoms with Crippen molar-refractivity contribution in [2.45, 2.75) is 64.6 Å². The molecule has 4 nitrogen and oxygen atoms in total. The molecule has 2 heterocycles. The van der Waals surface area contributed by atoms with Crippen molar-refractivity contribution in [2.24, 2.45) is 0 Å². The number of hydrogen-bond acceptors (Lipinski definition) is 4. The predicted molar refractivity (Wildman–Crippen MR) is 107 cm³/mol. The average molecular weight is 355 g/mol. The van der Waals surface area contributed by atoms with E-state index in [0.29, 0.717) is 0 Å². The third-order valence-corrected chi connectivity index (χ3v) is 5.60. The fourth-order valence-electron chi connectivity index (χ4n) is 3.24. The van der Waals surface area contributed by atoms with Crippen LogP contribution in [0.15, 0.2) is 30.3 Å². The number of fused-ring (bicyclic) bond motifs is 1. The SMILES string of the molecule is COCCCCCc1ccc2cccc(B3OC(C)(C)C(C)(C)O3)c2n1. The van der Waals surface area contributed by atoms with Gasteiger partial charge in [-0.25, -0.2) is 0 Å². The first kappa shape index (κ1) is 19.3. The van der Waals surface area contributed by atoms with Crippen molar-refractivity contribution in [3.8, 4) is 0 Å². The molecule has 26 heavy (non-hydrogen) atoms. The number of pyridine rings is 1. The van der Waals surface area contributed by atoms with Crippen LogP contribution in [-0.2, 0) is 20.5 Å². The van der Waals surface area contributed by atoms with E-state index in [1.807, 2.05) is 0 Å². The summed E-state index contributed by atoms with van der Waals surface area (Å²) < 4.78 is 17.6. The number of ether oxygens (including phenoxy) is 1. The molecule has 0 radical (unpaired) electrons. The van der Waals surface area contributed by atoms with Crippen LogP contribution in [0.3, 0.4) is 0 Å². The summed E-state index contributed by atoms with van der Waals surface area (Å²) in [6.07, 6.45) is 4.37. The highest BCUT2D eigenvalue weighted by Gasteiger charge is 2.52. The van der Waals surface area contributed by atoms with E-state index in [0.717, 1.165) is 54.3 Å². The van der Waals surface area contributed by atoms with Crippen LogP contribution in [0.1, 0.15) is 52.7 Å². The van der Waals surface area contributed by atoms with Gasteiger partial charge < -0.3 is 14.0 Å². The Kier molecular flexibility index (Phi) is 5.71. The van der Waals surface area contributed by atoms with Crippen molar-refractivity contribution in [2.75, 3.05) is 13.7 Å². The molecule has 2 aromatic rings. The lowest BCUT2D eigenvalue weighted by Gasteiger charge is -2.32. The number of hydrogen-bond donors (Lipinski definition) is 0. The lowest BCUT2D eigenvalue weighted by molar-refractivity contribution is 0.00578. The van der Waals surface area contributed by atoms with Crippen molar-refractivity contribution in [3.63, 3.8) is 0 Å². The fraction of sp³-hybridized carbons (Fsp3) is 0.571. The van der Waals surface area contributed by atoms with Gasteiger partial charge in [0.1, 0.15) is 0 Å². The van der Waals surface area contributed by atoms with E-state index in [1.165, 1.54) is 0 Å². The van der Waals surface area contributed by atoms with Gasteiger partial charge in [0.25, 0.3) is 0 Å². The summed E-state index contributed by atoms with van der Waals surface area (Å²) >= 11 is 0. The molecular formula is C21H30BNO3. The summed E-state index contributed by atoms with van der Waals surface area (Å²) in [5.41, 5.74) is 2.43. The molecule has 0 atom stereocenters. The van der Waals surface area contributed by atoms with Crippen molar-refractivity contribution < 1.29 is 14.0 Å². The molecule has 1 aromatic heterocycles. The molecule has 1 aliphatic rings. The summed E-state index contributed by atoms with van der Waals surface area (Å²) in [7, 11) is 1.37. The normalized spacial score (nSPS) is 18.6. The van der Waals surface area contributed by atoms with Crippen LogP contribution < -0.4 is 5.46 Å². The molecular weight excluding hydrogens is 325 g/mol. The summed E-state index contributed by atoms with van der Waals surface area (Å²) in [5.74, 6) is 0. The standard InChI is InChI=1S/C21H30BNO3/c1-20(2)21(3,4)26-22(25-20)18-12-9-10-16-13-14-17(23-19(16)18)11-7-6-8-15-24-5/h9-10,12-14H,6-8,11,15H2,1-5H3. The zero-order valence-electron chi connectivity index (χ0n) is 16.7. The monoisotopic (exact) mass is 355 g/mol. The number of benzene rings is 1. The minimum atomic E-state index is -0.381.